The van der Waals surface area contributed by atoms with Gasteiger partial charge in [0.15, 0.2) is 11.6 Å². The molecule has 5 aliphatic carbocycles. The van der Waals surface area contributed by atoms with Gasteiger partial charge in [-0.2, -0.15) is 9.97 Å². The van der Waals surface area contributed by atoms with Crippen molar-refractivity contribution in [1.29, 1.82) is 0 Å². The molecule has 0 N–H and O–H groups in total. The summed E-state index contributed by atoms with van der Waals surface area (Å²) in [5.41, 5.74) is 1.90. The fourth-order valence-corrected chi connectivity index (χ4v) is 8.93. The number of likely N-dealkylation sites (tertiary alicyclic amines) is 2. The van der Waals surface area contributed by atoms with Gasteiger partial charge in [-0.05, 0) is 127 Å². The molecule has 3 aromatic rings. The Morgan fingerprint density at radius 3 is 2.17 bits per heavy atom. The number of aromatic nitrogens is 4. The zero-order valence-corrected chi connectivity index (χ0v) is 27.0. The van der Waals surface area contributed by atoms with Crippen LogP contribution < -0.4 is 4.90 Å². The Morgan fingerprint density at radius 1 is 0.804 bits per heavy atom. The number of nitrogens with zero attached hydrogens (tertiary/aromatic N) is 7. The first-order valence-corrected chi connectivity index (χ1v) is 18.2. The first-order chi connectivity index (χ1) is 22.6. The largest absolute Gasteiger partial charge is 0.339 e. The summed E-state index contributed by atoms with van der Waals surface area (Å²) in [5, 5.41) is 8.62. The zero-order valence-electron chi connectivity index (χ0n) is 27.0. The molecule has 46 heavy (non-hydrogen) atoms. The molecule has 0 radical (unpaired) electrons. The molecule has 0 atom stereocenters. The van der Waals surface area contributed by atoms with E-state index in [1.807, 2.05) is 12.1 Å². The van der Waals surface area contributed by atoms with Crippen LogP contribution in [0.3, 0.4) is 0 Å². The van der Waals surface area contributed by atoms with E-state index in [0.717, 1.165) is 113 Å². The maximum atomic E-state index is 14.6. The third kappa shape index (κ3) is 5.44. The van der Waals surface area contributed by atoms with Crippen LogP contribution in [0.2, 0.25) is 0 Å². The Labute approximate surface area is 271 Å². The van der Waals surface area contributed by atoms with Crippen molar-refractivity contribution in [3.05, 3.63) is 41.8 Å². The van der Waals surface area contributed by atoms with Crippen LogP contribution >= 0.6 is 0 Å². The van der Waals surface area contributed by atoms with E-state index in [0.29, 0.717) is 23.8 Å². The lowest BCUT2D eigenvalue weighted by Crippen LogP contribution is -2.55. The maximum absolute atomic E-state index is 14.6. The van der Waals surface area contributed by atoms with E-state index >= 15 is 0 Å². The highest BCUT2D eigenvalue weighted by Crippen LogP contribution is 2.58. The molecule has 1 aromatic carbocycles. The van der Waals surface area contributed by atoms with Gasteiger partial charge in [0.25, 0.3) is 5.89 Å². The van der Waals surface area contributed by atoms with Gasteiger partial charge in [0.2, 0.25) is 5.89 Å². The van der Waals surface area contributed by atoms with Crippen LogP contribution in [0.5, 0.6) is 0 Å². The number of hydrogen-bond acceptors (Lipinski definition) is 8. The topological polar surface area (TPSA) is 105 Å². The van der Waals surface area contributed by atoms with Gasteiger partial charge < -0.3 is 18.8 Å². The van der Waals surface area contributed by atoms with Crippen LogP contribution in [-0.2, 0) is 5.41 Å². The molecular weight excluding hydrogens is 578 g/mol. The van der Waals surface area contributed by atoms with Gasteiger partial charge in [0, 0.05) is 54.2 Å². The summed E-state index contributed by atoms with van der Waals surface area (Å²) >= 11 is 0. The summed E-state index contributed by atoms with van der Waals surface area (Å²) < 4.78 is 11.6. The summed E-state index contributed by atoms with van der Waals surface area (Å²) in [6, 6.07) is 8.98. The van der Waals surface area contributed by atoms with Crippen molar-refractivity contribution in [2.75, 3.05) is 37.6 Å². The molecule has 10 heteroatoms. The van der Waals surface area contributed by atoms with E-state index in [1.54, 1.807) is 0 Å². The molecule has 2 amide bonds. The monoisotopic (exact) mass is 625 g/mol. The minimum absolute atomic E-state index is 0.00417. The molecule has 244 valence electrons. The standard InChI is InChI=1S/C36H47N7O3/c44-34(42-21-11-28(12-22-42)41-19-2-1-3-20-41)43(29-6-4-5-27(23-29)32-37-30(39-45-32)25-7-8-25)24-35-13-16-36(17-14-35,18-15-35)33-38-31(40-46-33)26-9-10-26/h4-6,23,25-26,28H,1-3,7-22,24H2. The van der Waals surface area contributed by atoms with Crippen LogP contribution in [0.4, 0.5) is 10.5 Å². The molecule has 10 rings (SSSR count). The lowest BCUT2D eigenvalue weighted by Gasteiger charge is -2.53. The molecule has 5 saturated carbocycles. The van der Waals surface area contributed by atoms with E-state index in [9.17, 15) is 4.79 Å². The molecule has 2 bridgehead atoms. The van der Waals surface area contributed by atoms with Crippen molar-refractivity contribution >= 4 is 11.7 Å². The van der Waals surface area contributed by atoms with Gasteiger partial charge in [-0.1, -0.05) is 22.8 Å². The predicted molar refractivity (Wildman–Crippen MR) is 173 cm³/mol. The molecule has 2 aromatic heterocycles. The van der Waals surface area contributed by atoms with Gasteiger partial charge in [-0.25, -0.2) is 4.79 Å². The second-order valence-electron chi connectivity index (χ2n) is 15.5. The highest BCUT2D eigenvalue weighted by Gasteiger charge is 2.53. The van der Waals surface area contributed by atoms with Crippen molar-refractivity contribution < 1.29 is 13.8 Å². The van der Waals surface area contributed by atoms with E-state index in [-0.39, 0.29) is 16.9 Å². The first-order valence-electron chi connectivity index (χ1n) is 18.2. The Kier molecular flexibility index (Phi) is 7.20. The van der Waals surface area contributed by atoms with E-state index in [1.165, 1.54) is 45.2 Å². The molecule has 7 fully saturated rings. The third-order valence-corrected chi connectivity index (χ3v) is 12.4. The third-order valence-electron chi connectivity index (χ3n) is 12.4. The highest BCUT2D eigenvalue weighted by molar-refractivity contribution is 5.93. The maximum Gasteiger partial charge on any atom is 0.324 e. The fraction of sp³-hybridized carbons (Fsp3) is 0.694. The van der Waals surface area contributed by atoms with Crippen LogP contribution in [0, 0.1) is 5.41 Å². The van der Waals surface area contributed by atoms with Crippen LogP contribution in [-0.4, -0.2) is 74.9 Å². The van der Waals surface area contributed by atoms with Gasteiger partial charge in [0.05, 0.1) is 0 Å². The summed E-state index contributed by atoms with van der Waals surface area (Å²) in [7, 11) is 0. The summed E-state index contributed by atoms with van der Waals surface area (Å²) in [6.45, 7) is 4.80. The number of amides is 2. The SMILES string of the molecule is O=C(N1CCC(N2CCCCC2)CC1)N(CC12CCC(c3nc(C4CC4)no3)(CC1)CC2)c1cccc(-c2nc(C3CC3)no2)c1. The van der Waals surface area contributed by atoms with Crippen molar-refractivity contribution in [3.8, 4) is 11.5 Å². The quantitative estimate of drug-likeness (QED) is 0.263. The summed E-state index contributed by atoms with van der Waals surface area (Å²) in [5.74, 6) is 4.07. The molecule has 0 unspecified atom stereocenters. The van der Waals surface area contributed by atoms with Crippen LogP contribution in [0.25, 0.3) is 11.5 Å². The normalized spacial score (nSPS) is 28.9. The van der Waals surface area contributed by atoms with Crippen LogP contribution in [0.1, 0.15) is 126 Å². The number of carbonyl (C=O) groups excluding carboxylic acids is 1. The molecule has 10 nitrogen and oxygen atoms in total. The molecule has 2 aliphatic heterocycles. The number of rotatable bonds is 8. The summed E-state index contributed by atoms with van der Waals surface area (Å²) in [4.78, 5) is 31.1. The van der Waals surface area contributed by atoms with E-state index < -0.39 is 0 Å². The average Bonchev–Trinajstić information content (AvgIpc) is 4.06. The minimum Gasteiger partial charge on any atom is -0.339 e. The van der Waals surface area contributed by atoms with E-state index in [2.05, 4.69) is 37.1 Å². The van der Waals surface area contributed by atoms with E-state index in [4.69, 9.17) is 19.0 Å². The second-order valence-corrected chi connectivity index (χ2v) is 15.5. The Bertz CT molecular complexity index is 1540. The number of piperidine rings is 2. The molecule has 2 saturated heterocycles. The Hall–Kier alpha value is -3.27. The van der Waals surface area contributed by atoms with Gasteiger partial charge >= 0.3 is 6.03 Å². The molecule has 7 aliphatic rings. The van der Waals surface area contributed by atoms with Crippen molar-refractivity contribution in [3.63, 3.8) is 0 Å². The van der Waals surface area contributed by atoms with Crippen molar-refractivity contribution in [2.24, 2.45) is 5.41 Å². The molecule has 0 spiro atoms. The van der Waals surface area contributed by atoms with Gasteiger partial charge in [0.1, 0.15) is 0 Å². The molecular formula is C36H47N7O3. The lowest BCUT2D eigenvalue weighted by atomic mass is 9.53. The van der Waals surface area contributed by atoms with Gasteiger partial charge in [-0.3, -0.25) is 4.90 Å². The number of fused-ring (bicyclic) bond motifs is 3. The number of benzene rings is 1. The lowest BCUT2D eigenvalue weighted by molar-refractivity contribution is 0.0278. The minimum atomic E-state index is 0.00417. The Morgan fingerprint density at radius 2 is 1.48 bits per heavy atom. The second kappa shape index (κ2) is 11.5. The number of hydrogen-bond donors (Lipinski definition) is 0. The predicted octanol–water partition coefficient (Wildman–Crippen LogP) is 7.04. The average molecular weight is 626 g/mol. The van der Waals surface area contributed by atoms with Crippen molar-refractivity contribution in [2.45, 2.75) is 120 Å². The summed E-state index contributed by atoms with van der Waals surface area (Å²) in [6.07, 6.45) is 17.1. The fourth-order valence-electron chi connectivity index (χ4n) is 8.93. The first kappa shape index (κ1) is 28.9. The highest BCUT2D eigenvalue weighted by atomic mass is 16.5. The number of carbonyl (C=O) groups is 1. The number of anilines is 1. The zero-order chi connectivity index (χ0) is 30.7. The molecule has 4 heterocycles. The van der Waals surface area contributed by atoms with Crippen LogP contribution in [0.15, 0.2) is 33.3 Å². The smallest absolute Gasteiger partial charge is 0.324 e. The number of urea groups is 1. The Balaban J connectivity index is 0.955. The van der Waals surface area contributed by atoms with Crippen molar-refractivity contribution in [1.82, 2.24) is 30.1 Å². The van der Waals surface area contributed by atoms with Gasteiger partial charge in [-0.15, -0.1) is 0 Å².